The number of carbonyl (C=O) groups excluding carboxylic acids is 1. The van der Waals surface area contributed by atoms with Crippen molar-refractivity contribution < 1.29 is 9.53 Å². The van der Waals surface area contributed by atoms with E-state index in [0.29, 0.717) is 24.0 Å². The molecule has 3 rings (SSSR count). The molecule has 0 saturated carbocycles. The summed E-state index contributed by atoms with van der Waals surface area (Å²) in [5.74, 6) is 0.359. The van der Waals surface area contributed by atoms with E-state index >= 15 is 0 Å². The van der Waals surface area contributed by atoms with Crippen molar-refractivity contribution in [1.82, 2.24) is 30.1 Å². The van der Waals surface area contributed by atoms with Gasteiger partial charge >= 0.3 is 0 Å². The second kappa shape index (κ2) is 7.05. The molecule has 2 atom stereocenters. The molecule has 8 nitrogen and oxygen atoms in total. The monoisotopic (exact) mass is 334 g/mol. The third-order valence-electron chi connectivity index (χ3n) is 3.43. The lowest BCUT2D eigenvalue weighted by atomic mass is 10.2. The number of rotatable bonds is 4. The van der Waals surface area contributed by atoms with E-state index in [1.807, 2.05) is 30.9 Å². The molecule has 0 bridgehead atoms. The molecule has 0 spiro atoms. The first-order chi connectivity index (χ1) is 11.1. The SMILES string of the molecule is C[C@H]1CN(C(=O)CSc2nnnn2-c2cccnc2)C[C@H](C)O1. The highest BCUT2D eigenvalue weighted by Gasteiger charge is 2.26. The summed E-state index contributed by atoms with van der Waals surface area (Å²) >= 11 is 1.32. The average molecular weight is 334 g/mol. The van der Waals surface area contributed by atoms with Crippen LogP contribution < -0.4 is 0 Å². The predicted molar refractivity (Wildman–Crippen MR) is 84.3 cm³/mol. The number of tetrazole rings is 1. The van der Waals surface area contributed by atoms with Crippen molar-refractivity contribution in [2.24, 2.45) is 0 Å². The maximum Gasteiger partial charge on any atom is 0.233 e. The lowest BCUT2D eigenvalue weighted by Crippen LogP contribution is -2.48. The van der Waals surface area contributed by atoms with Gasteiger partial charge in [0.25, 0.3) is 0 Å². The van der Waals surface area contributed by atoms with Crippen LogP contribution in [0.15, 0.2) is 29.7 Å². The summed E-state index contributed by atoms with van der Waals surface area (Å²) < 4.78 is 7.23. The van der Waals surface area contributed by atoms with Gasteiger partial charge in [0.1, 0.15) is 0 Å². The van der Waals surface area contributed by atoms with Gasteiger partial charge in [0.15, 0.2) is 0 Å². The number of hydrogen-bond acceptors (Lipinski definition) is 7. The lowest BCUT2D eigenvalue weighted by Gasteiger charge is -2.35. The van der Waals surface area contributed by atoms with Gasteiger partial charge in [-0.2, -0.15) is 4.68 Å². The van der Waals surface area contributed by atoms with E-state index in [1.165, 1.54) is 11.8 Å². The Labute approximate surface area is 138 Å². The molecule has 0 radical (unpaired) electrons. The number of carbonyl (C=O) groups is 1. The van der Waals surface area contributed by atoms with Crippen LogP contribution in [0, 0.1) is 0 Å². The van der Waals surface area contributed by atoms with Crippen molar-refractivity contribution in [3.05, 3.63) is 24.5 Å². The second-order valence-electron chi connectivity index (χ2n) is 5.43. The summed E-state index contributed by atoms with van der Waals surface area (Å²) in [5.41, 5.74) is 0.765. The Morgan fingerprint density at radius 2 is 2.17 bits per heavy atom. The maximum atomic E-state index is 12.4. The second-order valence-corrected chi connectivity index (χ2v) is 6.37. The van der Waals surface area contributed by atoms with Crippen LogP contribution in [0.3, 0.4) is 0 Å². The number of morpholine rings is 1. The molecule has 1 amide bonds. The fourth-order valence-corrected chi connectivity index (χ4v) is 3.30. The zero-order valence-corrected chi connectivity index (χ0v) is 13.8. The molecule has 0 aromatic carbocycles. The van der Waals surface area contributed by atoms with E-state index in [4.69, 9.17) is 4.74 Å². The predicted octanol–water partition coefficient (Wildman–Crippen LogP) is 0.785. The van der Waals surface area contributed by atoms with Gasteiger partial charge in [-0.15, -0.1) is 5.10 Å². The first-order valence-electron chi connectivity index (χ1n) is 7.38. The van der Waals surface area contributed by atoms with E-state index in [9.17, 15) is 4.79 Å². The van der Waals surface area contributed by atoms with E-state index in [1.54, 1.807) is 17.1 Å². The minimum absolute atomic E-state index is 0.0633. The molecule has 1 aliphatic rings. The standard InChI is InChI=1S/C14H18N6O2S/c1-10-7-19(8-11(2)22-10)13(21)9-23-14-16-17-18-20(14)12-4-3-5-15-6-12/h3-6,10-11H,7-9H2,1-2H3/t10-,11-/m0/s1. The van der Waals surface area contributed by atoms with Crippen LogP contribution in [-0.2, 0) is 9.53 Å². The highest BCUT2D eigenvalue weighted by Crippen LogP contribution is 2.19. The molecule has 9 heteroatoms. The summed E-state index contributed by atoms with van der Waals surface area (Å²) in [6.45, 7) is 5.20. The number of nitrogens with zero attached hydrogens (tertiary/aromatic N) is 6. The quantitative estimate of drug-likeness (QED) is 0.764. The molecule has 3 heterocycles. The van der Waals surface area contributed by atoms with Crippen LogP contribution in [0.4, 0.5) is 0 Å². The van der Waals surface area contributed by atoms with Crippen LogP contribution >= 0.6 is 11.8 Å². The summed E-state index contributed by atoms with van der Waals surface area (Å²) in [4.78, 5) is 18.3. The van der Waals surface area contributed by atoms with Crippen molar-refractivity contribution in [2.45, 2.75) is 31.2 Å². The lowest BCUT2D eigenvalue weighted by molar-refractivity contribution is -0.140. The summed E-state index contributed by atoms with van der Waals surface area (Å²) in [7, 11) is 0. The largest absolute Gasteiger partial charge is 0.372 e. The molecule has 0 aliphatic carbocycles. The first-order valence-corrected chi connectivity index (χ1v) is 8.37. The molecule has 1 saturated heterocycles. The van der Waals surface area contributed by atoms with Gasteiger partial charge in [0.2, 0.25) is 11.1 Å². The van der Waals surface area contributed by atoms with Crippen LogP contribution in [0.2, 0.25) is 0 Å². The zero-order chi connectivity index (χ0) is 16.2. The zero-order valence-electron chi connectivity index (χ0n) is 13.0. The Balaban J connectivity index is 1.63. The summed E-state index contributed by atoms with van der Waals surface area (Å²) in [6, 6.07) is 3.67. The Hall–Kier alpha value is -2.00. The van der Waals surface area contributed by atoms with Gasteiger partial charge in [0, 0.05) is 19.3 Å². The minimum atomic E-state index is 0.0633. The number of amides is 1. The third kappa shape index (κ3) is 3.85. The van der Waals surface area contributed by atoms with Crippen molar-refractivity contribution in [1.29, 1.82) is 0 Å². The minimum Gasteiger partial charge on any atom is -0.372 e. The third-order valence-corrected chi connectivity index (χ3v) is 4.33. The topological polar surface area (TPSA) is 86.0 Å². The van der Waals surface area contributed by atoms with Crippen molar-refractivity contribution in [3.8, 4) is 5.69 Å². The van der Waals surface area contributed by atoms with Crippen molar-refractivity contribution in [2.75, 3.05) is 18.8 Å². The fraction of sp³-hybridized carbons (Fsp3) is 0.500. The van der Waals surface area contributed by atoms with Crippen LogP contribution in [0.5, 0.6) is 0 Å². The smallest absolute Gasteiger partial charge is 0.233 e. The molecule has 122 valence electrons. The maximum absolute atomic E-state index is 12.4. The highest BCUT2D eigenvalue weighted by atomic mass is 32.2. The van der Waals surface area contributed by atoms with Crippen LogP contribution in [0.1, 0.15) is 13.8 Å². The fourth-order valence-electron chi connectivity index (χ4n) is 2.51. The molecule has 2 aromatic heterocycles. The van der Waals surface area contributed by atoms with Gasteiger partial charge in [-0.25, -0.2) is 0 Å². The van der Waals surface area contributed by atoms with Crippen molar-refractivity contribution in [3.63, 3.8) is 0 Å². The molecule has 2 aromatic rings. The Morgan fingerprint density at radius 1 is 1.39 bits per heavy atom. The number of ether oxygens (including phenoxy) is 1. The Morgan fingerprint density at radius 3 is 2.87 bits per heavy atom. The molecular weight excluding hydrogens is 316 g/mol. The van der Waals surface area contributed by atoms with Crippen LogP contribution in [-0.4, -0.2) is 67.0 Å². The van der Waals surface area contributed by atoms with Gasteiger partial charge in [-0.05, 0) is 36.4 Å². The molecule has 0 N–H and O–H groups in total. The number of pyridine rings is 1. The molecule has 23 heavy (non-hydrogen) atoms. The summed E-state index contributed by atoms with van der Waals surface area (Å²) in [5, 5.41) is 12.2. The average Bonchev–Trinajstić information content (AvgIpc) is 3.01. The van der Waals surface area contributed by atoms with Gasteiger partial charge in [-0.3, -0.25) is 9.78 Å². The molecule has 1 fully saturated rings. The molecule has 1 aliphatic heterocycles. The summed E-state index contributed by atoms with van der Waals surface area (Å²) in [6.07, 6.45) is 3.49. The van der Waals surface area contributed by atoms with Gasteiger partial charge in [0.05, 0.1) is 29.8 Å². The van der Waals surface area contributed by atoms with Gasteiger partial charge < -0.3 is 9.64 Å². The van der Waals surface area contributed by atoms with E-state index in [0.717, 1.165) is 5.69 Å². The van der Waals surface area contributed by atoms with Crippen LogP contribution in [0.25, 0.3) is 5.69 Å². The Kier molecular flexibility index (Phi) is 4.87. The first kappa shape index (κ1) is 15.9. The van der Waals surface area contributed by atoms with Gasteiger partial charge in [-0.1, -0.05) is 11.8 Å². The number of hydrogen-bond donors (Lipinski definition) is 0. The molecular formula is C14H18N6O2S. The normalized spacial score (nSPS) is 21.4. The van der Waals surface area contributed by atoms with E-state index < -0.39 is 0 Å². The number of aromatic nitrogens is 5. The van der Waals surface area contributed by atoms with Crippen molar-refractivity contribution >= 4 is 17.7 Å². The molecule has 0 unspecified atom stereocenters. The van der Waals surface area contributed by atoms with E-state index in [2.05, 4.69) is 20.5 Å². The number of thioether (sulfide) groups is 1. The van der Waals surface area contributed by atoms with E-state index in [-0.39, 0.29) is 18.1 Å². The Bertz CT molecular complexity index is 654. The highest BCUT2D eigenvalue weighted by molar-refractivity contribution is 7.99.